The summed E-state index contributed by atoms with van der Waals surface area (Å²) >= 11 is 0. The highest BCUT2D eigenvalue weighted by Crippen LogP contribution is 2.33. The fraction of sp³-hybridized carbons (Fsp3) is 0.0800. The van der Waals surface area contributed by atoms with Crippen molar-refractivity contribution in [1.82, 2.24) is 10.7 Å². The van der Waals surface area contributed by atoms with Gasteiger partial charge in [0.05, 0.1) is 6.21 Å². The van der Waals surface area contributed by atoms with Crippen molar-refractivity contribution in [2.45, 2.75) is 6.92 Å². The average Bonchev–Trinajstić information content (AvgIpc) is 3.28. The quantitative estimate of drug-likeness (QED) is 0.357. The van der Waals surface area contributed by atoms with Gasteiger partial charge >= 0.3 is 0 Å². The Bertz CT molecular complexity index is 1200. The minimum atomic E-state index is -0.559. The van der Waals surface area contributed by atoms with Crippen molar-refractivity contribution in [3.05, 3.63) is 101 Å². The van der Waals surface area contributed by atoms with Crippen LogP contribution in [0, 0.1) is 6.92 Å². The van der Waals surface area contributed by atoms with E-state index in [0.717, 1.165) is 11.1 Å². The number of nitrogens with zero attached hydrogens (tertiary/aromatic N) is 1. The zero-order valence-electron chi connectivity index (χ0n) is 17.4. The Hall–Kier alpha value is -4.39. The van der Waals surface area contributed by atoms with Crippen LogP contribution in [0.5, 0.6) is 11.5 Å². The van der Waals surface area contributed by atoms with Gasteiger partial charge in [0.15, 0.2) is 11.5 Å². The second kappa shape index (κ2) is 9.61. The molecule has 0 unspecified atom stereocenters. The van der Waals surface area contributed by atoms with Crippen LogP contribution < -0.4 is 20.2 Å². The van der Waals surface area contributed by atoms with E-state index < -0.39 is 11.8 Å². The predicted octanol–water partition coefficient (Wildman–Crippen LogP) is 3.64. The summed E-state index contributed by atoms with van der Waals surface area (Å²) < 4.78 is 10.7. The van der Waals surface area contributed by atoms with Gasteiger partial charge in [0.1, 0.15) is 5.70 Å². The van der Waals surface area contributed by atoms with E-state index in [1.807, 2.05) is 37.3 Å². The van der Waals surface area contributed by atoms with Crippen LogP contribution in [0.15, 0.2) is 83.6 Å². The van der Waals surface area contributed by atoms with E-state index in [0.29, 0.717) is 22.6 Å². The lowest BCUT2D eigenvalue weighted by Gasteiger charge is -2.09. The number of hydrogen-bond donors (Lipinski definition) is 2. The third-order valence-electron chi connectivity index (χ3n) is 4.79. The highest BCUT2D eigenvalue weighted by molar-refractivity contribution is 6.05. The second-order valence-corrected chi connectivity index (χ2v) is 7.05. The number of fused-ring (bicyclic) bond motifs is 1. The molecule has 0 saturated carbocycles. The van der Waals surface area contributed by atoms with Gasteiger partial charge in [-0.2, -0.15) is 5.10 Å². The largest absolute Gasteiger partial charge is 0.454 e. The van der Waals surface area contributed by atoms with E-state index >= 15 is 0 Å². The van der Waals surface area contributed by atoms with Gasteiger partial charge in [-0.1, -0.05) is 48.5 Å². The molecular weight excluding hydrogens is 406 g/mol. The molecule has 1 aliphatic rings. The molecular formula is C25H21N3O4. The molecule has 0 fully saturated rings. The summed E-state index contributed by atoms with van der Waals surface area (Å²) in [7, 11) is 0. The van der Waals surface area contributed by atoms with Crippen LogP contribution in [-0.2, 0) is 4.79 Å². The number of carbonyl (C=O) groups excluding carboxylic acids is 2. The van der Waals surface area contributed by atoms with Crippen LogP contribution in [0.3, 0.4) is 0 Å². The number of hydrazone groups is 1. The van der Waals surface area contributed by atoms with Gasteiger partial charge in [0, 0.05) is 5.56 Å². The molecule has 0 spiro atoms. The first-order valence-corrected chi connectivity index (χ1v) is 9.97. The van der Waals surface area contributed by atoms with E-state index in [1.165, 1.54) is 0 Å². The highest BCUT2D eigenvalue weighted by Gasteiger charge is 2.16. The van der Waals surface area contributed by atoms with Gasteiger partial charge in [0.2, 0.25) is 6.79 Å². The Morgan fingerprint density at radius 2 is 1.69 bits per heavy atom. The fourth-order valence-electron chi connectivity index (χ4n) is 3.06. The van der Waals surface area contributed by atoms with Crippen LogP contribution in [0.1, 0.15) is 27.0 Å². The van der Waals surface area contributed by atoms with Crippen molar-refractivity contribution < 1.29 is 19.1 Å². The van der Waals surface area contributed by atoms with Gasteiger partial charge in [-0.15, -0.1) is 0 Å². The molecule has 0 bridgehead atoms. The van der Waals surface area contributed by atoms with E-state index in [2.05, 4.69) is 15.8 Å². The molecule has 0 saturated heterocycles. The molecule has 2 amide bonds. The van der Waals surface area contributed by atoms with Crippen molar-refractivity contribution in [3.8, 4) is 11.5 Å². The molecule has 1 heterocycles. The van der Waals surface area contributed by atoms with Crippen molar-refractivity contribution in [1.29, 1.82) is 0 Å². The minimum absolute atomic E-state index is 0.0413. The maximum absolute atomic E-state index is 12.9. The lowest BCUT2D eigenvalue weighted by atomic mass is 10.1. The minimum Gasteiger partial charge on any atom is -0.454 e. The van der Waals surface area contributed by atoms with Crippen LogP contribution in [0.2, 0.25) is 0 Å². The Morgan fingerprint density at radius 3 is 2.50 bits per heavy atom. The molecule has 7 heteroatoms. The molecule has 0 atom stereocenters. The number of ether oxygens (including phenoxy) is 2. The molecule has 3 aromatic rings. The van der Waals surface area contributed by atoms with Crippen molar-refractivity contribution in [2.75, 3.05) is 6.79 Å². The summed E-state index contributed by atoms with van der Waals surface area (Å²) in [6.07, 6.45) is 3.12. The average molecular weight is 427 g/mol. The number of nitrogens with one attached hydrogen (secondary N) is 2. The number of carbonyl (C=O) groups is 2. The SMILES string of the molecule is Cc1ccccc1/C=N\NC(=O)/C(=C\c1ccc2c(c1)OCO2)NC(=O)c1ccccc1. The molecule has 0 aromatic heterocycles. The summed E-state index contributed by atoms with van der Waals surface area (Å²) in [4.78, 5) is 25.5. The van der Waals surface area contributed by atoms with E-state index in [-0.39, 0.29) is 12.5 Å². The zero-order chi connectivity index (χ0) is 22.3. The normalized spacial score (nSPS) is 12.6. The lowest BCUT2D eigenvalue weighted by Crippen LogP contribution is -2.32. The van der Waals surface area contributed by atoms with Gasteiger partial charge in [0.25, 0.3) is 11.8 Å². The first-order chi connectivity index (χ1) is 15.6. The summed E-state index contributed by atoms with van der Waals surface area (Å²) in [6.45, 7) is 2.10. The summed E-state index contributed by atoms with van der Waals surface area (Å²) in [5, 5.41) is 6.71. The smallest absolute Gasteiger partial charge is 0.287 e. The Kier molecular flexibility index (Phi) is 6.27. The summed E-state index contributed by atoms with van der Waals surface area (Å²) in [5.74, 6) is 0.238. The van der Waals surface area contributed by atoms with Crippen LogP contribution >= 0.6 is 0 Å². The maximum Gasteiger partial charge on any atom is 0.287 e. The molecule has 3 aromatic carbocycles. The van der Waals surface area contributed by atoms with E-state index in [9.17, 15) is 9.59 Å². The highest BCUT2D eigenvalue weighted by atomic mass is 16.7. The van der Waals surface area contributed by atoms with E-state index in [1.54, 1.807) is 54.8 Å². The van der Waals surface area contributed by atoms with Crippen molar-refractivity contribution in [3.63, 3.8) is 0 Å². The Morgan fingerprint density at radius 1 is 0.938 bits per heavy atom. The third kappa shape index (κ3) is 5.02. The van der Waals surface area contributed by atoms with Gasteiger partial charge in [-0.05, 0) is 54.0 Å². The molecule has 32 heavy (non-hydrogen) atoms. The van der Waals surface area contributed by atoms with Crippen LogP contribution in [-0.4, -0.2) is 24.8 Å². The maximum atomic E-state index is 12.9. The lowest BCUT2D eigenvalue weighted by molar-refractivity contribution is -0.117. The Balaban J connectivity index is 1.57. The molecule has 1 aliphatic heterocycles. The van der Waals surface area contributed by atoms with Crippen molar-refractivity contribution in [2.24, 2.45) is 5.10 Å². The van der Waals surface area contributed by atoms with Crippen LogP contribution in [0.25, 0.3) is 6.08 Å². The number of amides is 2. The number of benzene rings is 3. The van der Waals surface area contributed by atoms with Gasteiger partial charge < -0.3 is 14.8 Å². The number of hydrogen-bond acceptors (Lipinski definition) is 5. The zero-order valence-corrected chi connectivity index (χ0v) is 17.4. The molecule has 7 nitrogen and oxygen atoms in total. The molecule has 4 rings (SSSR count). The van der Waals surface area contributed by atoms with Gasteiger partial charge in [-0.3, -0.25) is 9.59 Å². The first-order valence-electron chi connectivity index (χ1n) is 9.97. The molecule has 0 aliphatic carbocycles. The summed E-state index contributed by atoms with van der Waals surface area (Å²) in [6, 6.07) is 21.6. The molecule has 2 N–H and O–H groups in total. The molecule has 160 valence electrons. The van der Waals surface area contributed by atoms with Gasteiger partial charge in [-0.25, -0.2) is 5.43 Å². The first kappa shape index (κ1) is 20.9. The van der Waals surface area contributed by atoms with Crippen molar-refractivity contribution >= 4 is 24.1 Å². The predicted molar refractivity (Wildman–Crippen MR) is 121 cm³/mol. The monoisotopic (exact) mass is 427 g/mol. The Labute approximate surface area is 185 Å². The second-order valence-electron chi connectivity index (χ2n) is 7.05. The number of rotatable bonds is 6. The summed E-state index contributed by atoms with van der Waals surface area (Å²) in [5.41, 5.74) is 5.52. The third-order valence-corrected chi connectivity index (χ3v) is 4.79. The number of aryl methyl sites for hydroxylation is 1. The topological polar surface area (TPSA) is 89.0 Å². The standard InChI is InChI=1S/C25H21N3O4/c1-17-7-5-6-10-20(17)15-26-28-25(30)21(27-24(29)19-8-3-2-4-9-19)13-18-11-12-22-23(14-18)32-16-31-22/h2-15H,16H2,1H3,(H,27,29)(H,28,30)/b21-13+,26-15-. The fourth-order valence-corrected chi connectivity index (χ4v) is 3.06. The van der Waals surface area contributed by atoms with Crippen LogP contribution in [0.4, 0.5) is 0 Å². The molecule has 0 radical (unpaired) electrons. The van der Waals surface area contributed by atoms with E-state index in [4.69, 9.17) is 9.47 Å².